The van der Waals surface area contributed by atoms with Crippen LogP contribution < -0.4 is 4.74 Å². The molecule has 0 bridgehead atoms. The Morgan fingerprint density at radius 2 is 1.77 bits per heavy atom. The number of ketones is 2. The molecule has 0 spiro atoms. The monoisotopic (exact) mass is 424 g/mol. The number of rotatable bonds is 4. The Kier molecular flexibility index (Phi) is 5.56. The van der Waals surface area contributed by atoms with Crippen molar-refractivity contribution in [2.45, 2.75) is 20.8 Å². The van der Waals surface area contributed by atoms with E-state index in [1.165, 1.54) is 14.0 Å². The summed E-state index contributed by atoms with van der Waals surface area (Å²) in [5.74, 6) is -4.09. The molecule has 0 radical (unpaired) electrons. The molecule has 0 fully saturated rings. The van der Waals surface area contributed by atoms with Gasteiger partial charge < -0.3 is 19.7 Å². The van der Waals surface area contributed by atoms with Crippen molar-refractivity contribution in [3.8, 4) is 11.5 Å². The number of carbonyl (C=O) groups excluding carboxylic acids is 3. The van der Waals surface area contributed by atoms with Crippen molar-refractivity contribution in [2.24, 2.45) is 5.92 Å². The van der Waals surface area contributed by atoms with E-state index >= 15 is 0 Å². The summed E-state index contributed by atoms with van der Waals surface area (Å²) in [6.45, 7) is 4.55. The van der Waals surface area contributed by atoms with Crippen molar-refractivity contribution in [2.75, 3.05) is 7.11 Å². The van der Waals surface area contributed by atoms with E-state index in [-0.39, 0.29) is 38.8 Å². The number of hydrogen-bond acceptors (Lipinski definition) is 7. The molecule has 0 saturated carbocycles. The van der Waals surface area contributed by atoms with Gasteiger partial charge in [0.15, 0.2) is 23.2 Å². The Morgan fingerprint density at radius 3 is 2.31 bits per heavy atom. The number of methoxy groups -OCH3 is 1. The van der Waals surface area contributed by atoms with Gasteiger partial charge in [-0.25, -0.2) is 0 Å². The maximum absolute atomic E-state index is 12.6. The van der Waals surface area contributed by atoms with E-state index in [1.54, 1.807) is 13.8 Å². The van der Waals surface area contributed by atoms with Crippen molar-refractivity contribution in [1.82, 2.24) is 0 Å². The number of esters is 1. The number of Topliss-reactive ketones (excluding diaryl/α,β-unsaturated/α-hetero) is 1. The number of ether oxygens (including phenoxy) is 2. The van der Waals surface area contributed by atoms with E-state index in [2.05, 4.69) is 15.9 Å². The number of carbonyl (C=O) groups is 3. The average molecular weight is 425 g/mol. The summed E-state index contributed by atoms with van der Waals surface area (Å²) >= 11 is 3.13. The lowest BCUT2D eigenvalue weighted by Gasteiger charge is -2.21. The van der Waals surface area contributed by atoms with Gasteiger partial charge in [-0.15, -0.1) is 0 Å². The Balaban J connectivity index is 2.46. The second kappa shape index (κ2) is 7.33. The highest BCUT2D eigenvalue weighted by molar-refractivity contribution is 9.10. The van der Waals surface area contributed by atoms with Gasteiger partial charge in [-0.05, 0) is 47.8 Å². The normalized spacial score (nSPS) is 16.7. The lowest BCUT2D eigenvalue weighted by Crippen LogP contribution is -2.32. The van der Waals surface area contributed by atoms with E-state index in [4.69, 9.17) is 9.47 Å². The molecule has 1 aliphatic rings. The van der Waals surface area contributed by atoms with Crippen LogP contribution in [0.2, 0.25) is 0 Å². The van der Waals surface area contributed by atoms with Crippen LogP contribution >= 0.6 is 15.9 Å². The van der Waals surface area contributed by atoms with Gasteiger partial charge >= 0.3 is 5.97 Å². The molecule has 1 atom stereocenters. The maximum Gasteiger partial charge on any atom is 0.330 e. The van der Waals surface area contributed by atoms with Crippen LogP contribution in [-0.2, 0) is 14.3 Å². The van der Waals surface area contributed by atoms with E-state index in [1.807, 2.05) is 0 Å². The van der Waals surface area contributed by atoms with Gasteiger partial charge in [-0.2, -0.15) is 0 Å². The predicted octanol–water partition coefficient (Wildman–Crippen LogP) is 3.05. The van der Waals surface area contributed by atoms with Crippen molar-refractivity contribution in [1.29, 1.82) is 0 Å². The highest BCUT2D eigenvalue weighted by atomic mass is 79.9. The lowest BCUT2D eigenvalue weighted by atomic mass is 9.96. The fourth-order valence-corrected chi connectivity index (χ4v) is 3.25. The number of hydrogen-bond donors (Lipinski definition) is 2. The highest BCUT2D eigenvalue weighted by Gasteiger charge is 2.36. The number of aromatic hydroxyl groups is 1. The predicted molar refractivity (Wildman–Crippen MR) is 95.2 cm³/mol. The van der Waals surface area contributed by atoms with Crippen LogP contribution in [0.25, 0.3) is 0 Å². The zero-order chi connectivity index (χ0) is 19.8. The molecule has 0 saturated heterocycles. The Morgan fingerprint density at radius 1 is 1.15 bits per heavy atom. The van der Waals surface area contributed by atoms with Gasteiger partial charge in [0.1, 0.15) is 21.7 Å². The smallest absolute Gasteiger partial charge is 0.330 e. The quantitative estimate of drug-likeness (QED) is 0.330. The van der Waals surface area contributed by atoms with Crippen LogP contribution in [0.15, 0.2) is 28.1 Å². The number of aliphatic hydroxyl groups excluding tert-OH is 1. The molecule has 0 heterocycles. The number of benzene rings is 1. The number of aliphatic hydroxyl groups is 1. The number of phenolic OH excluding ortho intramolecular Hbond substituents is 1. The SMILES string of the molecule is COC1=CC(O)=CC(=O)C1C(=O)Oc1c(C)c(C)c(C(C)=O)c(O)c1Br. The maximum atomic E-state index is 12.6. The number of allylic oxidation sites excluding steroid dienone is 2. The Bertz CT molecular complexity index is 851. The molecule has 0 aromatic heterocycles. The summed E-state index contributed by atoms with van der Waals surface area (Å²) in [7, 11) is 1.26. The average Bonchev–Trinajstić information content (AvgIpc) is 2.55. The minimum atomic E-state index is -1.38. The molecular formula is C18H17BrO7. The van der Waals surface area contributed by atoms with Gasteiger partial charge in [0, 0.05) is 12.2 Å². The standard InChI is InChI=1S/C18H17BrO7/c1-7-8(2)17(15(19)16(23)13(7)9(3)20)26-18(24)14-11(22)5-10(21)6-12(14)25-4/h5-6,14,21,23H,1-4H3. The third-order valence-corrected chi connectivity index (χ3v) is 4.83. The first kappa shape index (κ1) is 19.7. The Hall–Kier alpha value is -2.61. The molecule has 1 aromatic rings. The van der Waals surface area contributed by atoms with E-state index < -0.39 is 17.7 Å². The van der Waals surface area contributed by atoms with Crippen LogP contribution in [-0.4, -0.2) is 34.9 Å². The Labute approximate surface area is 158 Å². The van der Waals surface area contributed by atoms with Crippen molar-refractivity contribution < 1.29 is 34.1 Å². The third kappa shape index (κ3) is 3.37. The number of phenols is 1. The van der Waals surface area contributed by atoms with Gasteiger partial charge in [-0.3, -0.25) is 14.4 Å². The van der Waals surface area contributed by atoms with Gasteiger partial charge in [0.2, 0.25) is 0 Å². The minimum absolute atomic E-state index is 0.00275. The first-order valence-electron chi connectivity index (χ1n) is 7.54. The molecule has 8 heteroatoms. The first-order valence-corrected chi connectivity index (χ1v) is 8.33. The molecule has 1 unspecified atom stereocenters. The zero-order valence-corrected chi connectivity index (χ0v) is 16.1. The van der Waals surface area contributed by atoms with Gasteiger partial charge in [0.05, 0.1) is 12.7 Å². The summed E-state index contributed by atoms with van der Waals surface area (Å²) in [6, 6.07) is 0. The molecule has 1 aromatic carbocycles. The van der Waals surface area contributed by atoms with Crippen molar-refractivity contribution in [3.63, 3.8) is 0 Å². The van der Waals surface area contributed by atoms with Crippen LogP contribution in [0.1, 0.15) is 28.4 Å². The van der Waals surface area contributed by atoms with Gasteiger partial charge in [-0.1, -0.05) is 0 Å². The molecular weight excluding hydrogens is 408 g/mol. The van der Waals surface area contributed by atoms with E-state index in [9.17, 15) is 24.6 Å². The van der Waals surface area contributed by atoms with Gasteiger partial charge in [0.25, 0.3) is 0 Å². The third-order valence-electron chi connectivity index (χ3n) is 4.10. The largest absolute Gasteiger partial charge is 0.508 e. The first-order chi connectivity index (χ1) is 12.1. The van der Waals surface area contributed by atoms with Crippen molar-refractivity contribution in [3.05, 3.63) is 44.8 Å². The molecule has 0 aliphatic heterocycles. The summed E-state index contributed by atoms with van der Waals surface area (Å²) in [6.07, 6.45) is 2.05. The van der Waals surface area contributed by atoms with Crippen molar-refractivity contribution >= 4 is 33.5 Å². The van der Waals surface area contributed by atoms with E-state index in [0.29, 0.717) is 11.1 Å². The minimum Gasteiger partial charge on any atom is -0.508 e. The van der Waals surface area contributed by atoms with E-state index in [0.717, 1.165) is 12.2 Å². The molecule has 138 valence electrons. The summed E-state index contributed by atoms with van der Waals surface area (Å²) in [4.78, 5) is 36.4. The fraction of sp³-hybridized carbons (Fsp3) is 0.278. The second-order valence-corrected chi connectivity index (χ2v) is 6.54. The highest BCUT2D eigenvalue weighted by Crippen LogP contribution is 2.42. The summed E-state index contributed by atoms with van der Waals surface area (Å²) in [5, 5.41) is 19.7. The lowest BCUT2D eigenvalue weighted by molar-refractivity contribution is -0.142. The molecule has 2 N–H and O–H groups in total. The molecule has 26 heavy (non-hydrogen) atoms. The zero-order valence-electron chi connectivity index (χ0n) is 14.5. The number of halogens is 1. The topological polar surface area (TPSA) is 110 Å². The molecule has 1 aliphatic carbocycles. The molecule has 2 rings (SSSR count). The van der Waals surface area contributed by atoms with Crippen LogP contribution in [0.5, 0.6) is 11.5 Å². The van der Waals surface area contributed by atoms with Crippen LogP contribution in [0.4, 0.5) is 0 Å². The fourth-order valence-electron chi connectivity index (χ4n) is 2.68. The molecule has 7 nitrogen and oxygen atoms in total. The second-order valence-electron chi connectivity index (χ2n) is 5.75. The molecule has 0 amide bonds. The van der Waals surface area contributed by atoms with Crippen LogP contribution in [0, 0.1) is 19.8 Å². The summed E-state index contributed by atoms with van der Waals surface area (Å²) in [5.41, 5.74) is 1.03. The van der Waals surface area contributed by atoms with Crippen LogP contribution in [0.3, 0.4) is 0 Å². The summed E-state index contributed by atoms with van der Waals surface area (Å²) < 4.78 is 10.4.